The summed E-state index contributed by atoms with van der Waals surface area (Å²) in [5, 5.41) is 2.94. The van der Waals surface area contributed by atoms with E-state index in [0.29, 0.717) is 30.0 Å². The number of carbonyl (C=O) groups excluding carboxylic acids is 1. The van der Waals surface area contributed by atoms with Gasteiger partial charge in [0, 0.05) is 24.6 Å². The summed E-state index contributed by atoms with van der Waals surface area (Å²) in [6.07, 6.45) is 0.465. The van der Waals surface area contributed by atoms with Crippen LogP contribution in [0.15, 0.2) is 18.2 Å². The minimum absolute atomic E-state index is 0.0755. The van der Waals surface area contributed by atoms with Crippen molar-refractivity contribution in [3.63, 3.8) is 0 Å². The summed E-state index contributed by atoms with van der Waals surface area (Å²) >= 11 is 0. The summed E-state index contributed by atoms with van der Waals surface area (Å²) < 4.78 is 10.2. The molecule has 1 N–H and O–H groups in total. The number of carbonyl (C=O) groups is 1. The number of ketones is 1. The maximum Gasteiger partial charge on any atom is 0.164 e. The zero-order valence-electron chi connectivity index (χ0n) is 9.87. The molecule has 1 aromatic rings. The van der Waals surface area contributed by atoms with Gasteiger partial charge in [-0.1, -0.05) is 0 Å². The molecule has 0 saturated carbocycles. The lowest BCUT2D eigenvalue weighted by atomic mass is 10.1. The second-order valence-corrected chi connectivity index (χ2v) is 3.38. The molecule has 1 rings (SSSR count). The predicted octanol–water partition coefficient (Wildman–Crippen LogP) is 1.50. The summed E-state index contributed by atoms with van der Waals surface area (Å²) in [6.45, 7) is 0.665. The number of methoxy groups -OCH3 is 2. The topological polar surface area (TPSA) is 47.6 Å². The van der Waals surface area contributed by atoms with E-state index in [2.05, 4.69) is 5.32 Å². The van der Waals surface area contributed by atoms with E-state index in [0.717, 1.165) is 0 Å². The van der Waals surface area contributed by atoms with Crippen molar-refractivity contribution in [1.82, 2.24) is 5.32 Å². The number of benzene rings is 1. The Kier molecular flexibility index (Phi) is 4.79. The van der Waals surface area contributed by atoms with Crippen LogP contribution in [-0.4, -0.2) is 33.6 Å². The van der Waals surface area contributed by atoms with Crippen molar-refractivity contribution >= 4 is 5.78 Å². The van der Waals surface area contributed by atoms with Gasteiger partial charge in [-0.25, -0.2) is 0 Å². The number of ether oxygens (including phenoxy) is 2. The third-order valence-corrected chi connectivity index (χ3v) is 2.28. The van der Waals surface area contributed by atoms with E-state index in [-0.39, 0.29) is 5.78 Å². The number of nitrogens with one attached hydrogen (secondary N) is 1. The zero-order chi connectivity index (χ0) is 12.0. The molecule has 0 radical (unpaired) electrons. The quantitative estimate of drug-likeness (QED) is 0.742. The van der Waals surface area contributed by atoms with Gasteiger partial charge < -0.3 is 14.8 Å². The third kappa shape index (κ3) is 3.24. The third-order valence-electron chi connectivity index (χ3n) is 2.28. The first-order chi connectivity index (χ1) is 7.71. The molecular formula is C12H17NO3. The Morgan fingerprint density at radius 2 is 1.75 bits per heavy atom. The molecular weight excluding hydrogens is 206 g/mol. The highest BCUT2D eigenvalue weighted by Gasteiger charge is 2.09. The summed E-state index contributed by atoms with van der Waals surface area (Å²) in [6, 6.07) is 5.19. The normalized spacial score (nSPS) is 9.94. The van der Waals surface area contributed by atoms with Crippen molar-refractivity contribution < 1.29 is 14.3 Å². The molecule has 4 heteroatoms. The number of rotatable bonds is 6. The first-order valence-corrected chi connectivity index (χ1v) is 5.12. The van der Waals surface area contributed by atoms with Crippen LogP contribution in [0, 0.1) is 0 Å². The van der Waals surface area contributed by atoms with E-state index < -0.39 is 0 Å². The van der Waals surface area contributed by atoms with Gasteiger partial charge in [0.1, 0.15) is 11.5 Å². The highest BCUT2D eigenvalue weighted by molar-refractivity contribution is 5.97. The molecule has 4 nitrogen and oxygen atoms in total. The Morgan fingerprint density at radius 1 is 1.19 bits per heavy atom. The molecule has 0 spiro atoms. The van der Waals surface area contributed by atoms with Crippen LogP contribution in [0.1, 0.15) is 16.8 Å². The van der Waals surface area contributed by atoms with E-state index in [1.807, 2.05) is 7.05 Å². The maximum absolute atomic E-state index is 11.8. The molecule has 1 aromatic carbocycles. The van der Waals surface area contributed by atoms with Crippen LogP contribution in [0.5, 0.6) is 11.5 Å². The van der Waals surface area contributed by atoms with Crippen LogP contribution >= 0.6 is 0 Å². The van der Waals surface area contributed by atoms with Gasteiger partial charge in [-0.15, -0.1) is 0 Å². The highest BCUT2D eigenvalue weighted by atomic mass is 16.5. The number of hydrogen-bond donors (Lipinski definition) is 1. The summed E-state index contributed by atoms with van der Waals surface area (Å²) in [5.41, 5.74) is 0.617. The molecule has 0 aliphatic heterocycles. The summed E-state index contributed by atoms with van der Waals surface area (Å²) in [7, 11) is 4.95. The zero-order valence-corrected chi connectivity index (χ0v) is 9.87. The lowest BCUT2D eigenvalue weighted by Gasteiger charge is -2.07. The molecule has 0 aliphatic rings. The average Bonchev–Trinajstić information content (AvgIpc) is 2.35. The van der Waals surface area contributed by atoms with Crippen molar-refractivity contribution in [1.29, 1.82) is 0 Å². The fraction of sp³-hybridized carbons (Fsp3) is 0.417. The average molecular weight is 223 g/mol. The van der Waals surface area contributed by atoms with Crippen molar-refractivity contribution in [2.45, 2.75) is 6.42 Å². The SMILES string of the molecule is CNCCC(=O)c1cc(OC)cc(OC)c1. The van der Waals surface area contributed by atoms with E-state index in [4.69, 9.17) is 9.47 Å². The lowest BCUT2D eigenvalue weighted by molar-refractivity contribution is 0.0982. The predicted molar refractivity (Wildman–Crippen MR) is 62.4 cm³/mol. The second kappa shape index (κ2) is 6.12. The van der Waals surface area contributed by atoms with E-state index in [9.17, 15) is 4.79 Å². The lowest BCUT2D eigenvalue weighted by Crippen LogP contribution is -2.13. The standard InChI is InChI=1S/C12H17NO3/c1-13-5-4-12(14)9-6-10(15-2)8-11(7-9)16-3/h6-8,13H,4-5H2,1-3H3. The van der Waals surface area contributed by atoms with E-state index in [1.54, 1.807) is 32.4 Å². The van der Waals surface area contributed by atoms with Crippen molar-refractivity contribution in [2.75, 3.05) is 27.8 Å². The second-order valence-electron chi connectivity index (χ2n) is 3.38. The van der Waals surface area contributed by atoms with Crippen molar-refractivity contribution in [3.05, 3.63) is 23.8 Å². The fourth-order valence-corrected chi connectivity index (χ4v) is 1.35. The van der Waals surface area contributed by atoms with Crippen LogP contribution in [0.2, 0.25) is 0 Å². The Labute approximate surface area is 95.6 Å². The first kappa shape index (κ1) is 12.5. The Hall–Kier alpha value is -1.55. The van der Waals surface area contributed by atoms with Gasteiger partial charge in [-0.3, -0.25) is 4.79 Å². The molecule has 0 fully saturated rings. The van der Waals surface area contributed by atoms with Crippen LogP contribution in [-0.2, 0) is 0 Å². The molecule has 0 amide bonds. The smallest absolute Gasteiger partial charge is 0.164 e. The monoisotopic (exact) mass is 223 g/mol. The summed E-state index contributed by atoms with van der Waals surface area (Å²) in [4.78, 5) is 11.8. The first-order valence-electron chi connectivity index (χ1n) is 5.12. The molecule has 0 heterocycles. The largest absolute Gasteiger partial charge is 0.497 e. The van der Waals surface area contributed by atoms with Crippen LogP contribution in [0.4, 0.5) is 0 Å². The highest BCUT2D eigenvalue weighted by Crippen LogP contribution is 2.23. The van der Waals surface area contributed by atoms with Crippen LogP contribution in [0.25, 0.3) is 0 Å². The van der Waals surface area contributed by atoms with Crippen molar-refractivity contribution in [3.8, 4) is 11.5 Å². The molecule has 0 saturated heterocycles. The minimum Gasteiger partial charge on any atom is -0.497 e. The molecule has 0 atom stereocenters. The summed E-state index contributed by atoms with van der Waals surface area (Å²) in [5.74, 6) is 1.34. The van der Waals surface area contributed by atoms with Crippen LogP contribution in [0.3, 0.4) is 0 Å². The maximum atomic E-state index is 11.8. The Bertz CT molecular complexity index is 341. The van der Waals surface area contributed by atoms with E-state index in [1.165, 1.54) is 0 Å². The molecule has 0 aliphatic carbocycles. The molecule has 0 bridgehead atoms. The van der Waals surface area contributed by atoms with Gasteiger partial charge in [-0.2, -0.15) is 0 Å². The van der Waals surface area contributed by atoms with Crippen molar-refractivity contribution in [2.24, 2.45) is 0 Å². The van der Waals surface area contributed by atoms with Crippen LogP contribution < -0.4 is 14.8 Å². The van der Waals surface area contributed by atoms with Gasteiger partial charge in [0.15, 0.2) is 5.78 Å². The van der Waals surface area contributed by atoms with Gasteiger partial charge in [-0.05, 0) is 19.2 Å². The van der Waals surface area contributed by atoms with Gasteiger partial charge in [0.05, 0.1) is 14.2 Å². The Balaban J connectivity index is 2.89. The fourth-order valence-electron chi connectivity index (χ4n) is 1.35. The molecule has 16 heavy (non-hydrogen) atoms. The van der Waals surface area contributed by atoms with E-state index >= 15 is 0 Å². The van der Waals surface area contributed by atoms with Gasteiger partial charge >= 0.3 is 0 Å². The number of hydrogen-bond acceptors (Lipinski definition) is 4. The molecule has 88 valence electrons. The van der Waals surface area contributed by atoms with Gasteiger partial charge in [0.25, 0.3) is 0 Å². The minimum atomic E-state index is 0.0755. The molecule has 0 aromatic heterocycles. The number of Topliss-reactive ketones (excluding diaryl/α,β-unsaturated/α-hetero) is 1. The molecule has 0 unspecified atom stereocenters. The Morgan fingerprint density at radius 3 is 2.19 bits per heavy atom. The van der Waals surface area contributed by atoms with Gasteiger partial charge in [0.2, 0.25) is 0 Å².